The Balaban J connectivity index is 1.07. The number of amidine groups is 1. The molecule has 2 aliphatic rings. The van der Waals surface area contributed by atoms with Crippen LogP contribution in [-0.4, -0.2) is 16.1 Å². The largest absolute Gasteiger partial charge is 0.454 e. The second-order valence-corrected chi connectivity index (χ2v) is 15.5. The van der Waals surface area contributed by atoms with Crippen LogP contribution in [0.5, 0.6) is 0 Å². The van der Waals surface area contributed by atoms with Crippen molar-refractivity contribution in [3.63, 3.8) is 0 Å². The molecule has 0 bridgehead atoms. The molecule has 252 valence electrons. The zero-order valence-electron chi connectivity index (χ0n) is 29.1. The number of benzene rings is 6. The van der Waals surface area contributed by atoms with Crippen LogP contribution in [0.3, 0.4) is 0 Å². The normalized spacial score (nSPS) is 19.0. The lowest BCUT2D eigenvalue weighted by Gasteiger charge is -2.32. The Bertz CT molecular complexity index is 3090. The van der Waals surface area contributed by atoms with Gasteiger partial charge in [-0.25, -0.2) is 4.99 Å². The summed E-state index contributed by atoms with van der Waals surface area (Å²) in [6.07, 6.45) is 9.48. The highest BCUT2D eigenvalue weighted by Gasteiger charge is 2.34. The predicted molar refractivity (Wildman–Crippen MR) is 224 cm³/mol. The summed E-state index contributed by atoms with van der Waals surface area (Å²) in [5.74, 6) is 0.819. The molecule has 1 aliphatic carbocycles. The Kier molecular flexibility index (Phi) is 6.50. The first-order chi connectivity index (χ1) is 26.0. The quantitative estimate of drug-likeness (QED) is 0.180. The zero-order valence-corrected chi connectivity index (χ0v) is 29.9. The van der Waals surface area contributed by atoms with Gasteiger partial charge < -0.3 is 8.98 Å². The van der Waals surface area contributed by atoms with E-state index in [4.69, 9.17) is 14.4 Å². The Labute approximate surface area is 310 Å². The maximum absolute atomic E-state index is 6.88. The van der Waals surface area contributed by atoms with E-state index < -0.39 is 0 Å². The zero-order chi connectivity index (χ0) is 35.3. The second kappa shape index (κ2) is 11.3. The molecule has 2 unspecified atom stereocenters. The lowest BCUT2D eigenvalue weighted by Crippen LogP contribution is -2.30. The van der Waals surface area contributed by atoms with Gasteiger partial charge in [0.05, 0.1) is 22.4 Å². The number of aliphatic imine (C=N–C) groups is 2. The second-order valence-electron chi connectivity index (χ2n) is 14.4. The summed E-state index contributed by atoms with van der Waals surface area (Å²) >= 11 is 1.83. The minimum absolute atomic E-state index is 0.321. The molecule has 11 rings (SSSR count). The van der Waals surface area contributed by atoms with E-state index in [2.05, 4.69) is 170 Å². The third kappa shape index (κ3) is 4.54. The van der Waals surface area contributed by atoms with Crippen molar-refractivity contribution >= 4 is 86.8 Å². The van der Waals surface area contributed by atoms with E-state index in [-0.39, 0.29) is 11.5 Å². The summed E-state index contributed by atoms with van der Waals surface area (Å²) in [5, 5.41) is 7.13. The number of furan rings is 1. The Hall–Kier alpha value is -6.30. The molecule has 5 heteroatoms. The van der Waals surface area contributed by atoms with E-state index in [0.29, 0.717) is 0 Å². The molecular formula is C48H33N3OS. The number of hydrogen-bond donors (Lipinski definition) is 0. The first kappa shape index (κ1) is 30.3. The molecule has 4 heterocycles. The number of nitrogens with zero attached hydrogens (tertiary/aromatic N) is 3. The van der Waals surface area contributed by atoms with Gasteiger partial charge in [0.15, 0.2) is 5.58 Å². The molecule has 4 nitrogen and oxygen atoms in total. The maximum atomic E-state index is 6.88. The van der Waals surface area contributed by atoms with E-state index in [1.807, 2.05) is 11.3 Å². The van der Waals surface area contributed by atoms with Gasteiger partial charge in [-0.05, 0) is 61.4 Å². The van der Waals surface area contributed by atoms with Crippen LogP contribution in [0.25, 0.3) is 69.6 Å². The minimum Gasteiger partial charge on any atom is -0.454 e. The van der Waals surface area contributed by atoms with Gasteiger partial charge >= 0.3 is 0 Å². The average Bonchev–Trinajstić information content (AvgIpc) is 3.87. The Morgan fingerprint density at radius 3 is 2.25 bits per heavy atom. The van der Waals surface area contributed by atoms with Crippen LogP contribution in [0.15, 0.2) is 178 Å². The van der Waals surface area contributed by atoms with Crippen molar-refractivity contribution in [3.8, 4) is 5.69 Å². The number of allylic oxidation sites excluding steroid dienone is 3. The number of hydrogen-bond acceptors (Lipinski definition) is 4. The van der Waals surface area contributed by atoms with Crippen LogP contribution < -0.4 is 0 Å². The van der Waals surface area contributed by atoms with Gasteiger partial charge in [0.2, 0.25) is 0 Å². The molecule has 0 spiro atoms. The standard InChI is InChI=1S/C48H33N3OS/c1-29-44(30-22-24-43-37(27-30)35-15-6-9-20-42(35)53-43)49-47(48(2)25-10-3-11-26-48)50-45(29)31-21-23-34-36-16-12-19-40(46(36)52-41(34)28-31)51-38-17-7-4-13-32(38)33-14-5-8-18-39(33)51/h3-25,27-28,45H,1,26H2,2H3. The summed E-state index contributed by atoms with van der Waals surface area (Å²) < 4.78 is 11.8. The van der Waals surface area contributed by atoms with E-state index in [1.54, 1.807) is 0 Å². The number of fused-ring (bicyclic) bond motifs is 9. The third-order valence-electron chi connectivity index (χ3n) is 11.2. The molecule has 6 aromatic carbocycles. The maximum Gasteiger partial charge on any atom is 0.159 e. The van der Waals surface area contributed by atoms with Crippen LogP contribution in [0.1, 0.15) is 30.5 Å². The highest BCUT2D eigenvalue weighted by Crippen LogP contribution is 2.43. The molecule has 2 atom stereocenters. The minimum atomic E-state index is -0.335. The van der Waals surface area contributed by atoms with Crippen LogP contribution in [-0.2, 0) is 0 Å². The molecule has 0 fully saturated rings. The first-order valence-electron chi connectivity index (χ1n) is 18.1. The van der Waals surface area contributed by atoms with Gasteiger partial charge in [-0.3, -0.25) is 4.99 Å². The van der Waals surface area contributed by atoms with Crippen molar-refractivity contribution in [3.05, 3.63) is 175 Å². The van der Waals surface area contributed by atoms with Crippen molar-refractivity contribution in [2.45, 2.75) is 19.4 Å². The summed E-state index contributed by atoms with van der Waals surface area (Å²) in [6.45, 7) is 6.92. The van der Waals surface area contributed by atoms with Crippen LogP contribution >= 0.6 is 11.3 Å². The lowest BCUT2D eigenvalue weighted by molar-refractivity contribution is 0.586. The number of para-hydroxylation sites is 3. The molecule has 0 saturated heterocycles. The Morgan fingerprint density at radius 1 is 0.717 bits per heavy atom. The first-order valence-corrected chi connectivity index (χ1v) is 18.9. The topological polar surface area (TPSA) is 42.8 Å². The molecule has 0 N–H and O–H groups in total. The SMILES string of the molecule is C=C1C(c2ccc3sc4ccccc4c3c2)=NC(C2(C)C=CC=CC2)=NC1c1ccc2c(c1)oc1c(-n3c4ccccc4c4ccccc43)cccc12. The van der Waals surface area contributed by atoms with Gasteiger partial charge in [-0.1, -0.05) is 116 Å². The van der Waals surface area contributed by atoms with Crippen molar-refractivity contribution in [1.29, 1.82) is 0 Å². The summed E-state index contributed by atoms with van der Waals surface area (Å²) in [7, 11) is 0. The highest BCUT2D eigenvalue weighted by atomic mass is 32.1. The van der Waals surface area contributed by atoms with Gasteiger partial charge in [0.25, 0.3) is 0 Å². The van der Waals surface area contributed by atoms with E-state index in [0.717, 1.165) is 73.3 Å². The fourth-order valence-electron chi connectivity index (χ4n) is 8.43. The molecular weight excluding hydrogens is 667 g/mol. The van der Waals surface area contributed by atoms with Crippen LogP contribution in [0.4, 0.5) is 0 Å². The van der Waals surface area contributed by atoms with Gasteiger partial charge in [-0.2, -0.15) is 0 Å². The Morgan fingerprint density at radius 2 is 1.45 bits per heavy atom. The predicted octanol–water partition coefficient (Wildman–Crippen LogP) is 13.1. The van der Waals surface area contributed by atoms with Crippen LogP contribution in [0.2, 0.25) is 0 Å². The van der Waals surface area contributed by atoms with Crippen molar-refractivity contribution in [2.24, 2.45) is 15.4 Å². The summed E-state index contributed by atoms with van der Waals surface area (Å²) in [6, 6.07) is 45.2. The molecule has 0 radical (unpaired) electrons. The number of thiophene rings is 1. The van der Waals surface area contributed by atoms with Gasteiger partial charge in [0.1, 0.15) is 17.5 Å². The molecule has 0 amide bonds. The van der Waals surface area contributed by atoms with Crippen molar-refractivity contribution < 1.29 is 4.42 Å². The molecule has 9 aromatic rings. The van der Waals surface area contributed by atoms with Crippen molar-refractivity contribution in [1.82, 2.24) is 4.57 Å². The van der Waals surface area contributed by atoms with Gasteiger partial charge in [-0.15, -0.1) is 11.3 Å². The number of rotatable bonds is 4. The van der Waals surface area contributed by atoms with E-state index in [1.165, 1.54) is 30.9 Å². The third-order valence-corrected chi connectivity index (χ3v) is 12.3. The van der Waals surface area contributed by atoms with E-state index >= 15 is 0 Å². The summed E-state index contributed by atoms with van der Waals surface area (Å²) in [5.41, 5.74) is 8.56. The molecule has 1 aliphatic heterocycles. The fourth-order valence-corrected chi connectivity index (χ4v) is 9.52. The number of aromatic nitrogens is 1. The van der Waals surface area contributed by atoms with Crippen LogP contribution in [0, 0.1) is 5.41 Å². The highest BCUT2D eigenvalue weighted by molar-refractivity contribution is 7.25. The molecule has 3 aromatic heterocycles. The summed E-state index contributed by atoms with van der Waals surface area (Å²) in [4.78, 5) is 10.7. The monoisotopic (exact) mass is 699 g/mol. The molecule has 53 heavy (non-hydrogen) atoms. The fraction of sp³-hybridized carbons (Fsp3) is 0.0833. The van der Waals surface area contributed by atoms with Crippen molar-refractivity contribution in [2.75, 3.05) is 0 Å². The lowest BCUT2D eigenvalue weighted by atomic mass is 9.80. The van der Waals surface area contributed by atoms with Gasteiger partial charge in [0, 0.05) is 58.3 Å². The molecule has 0 saturated carbocycles. The smallest absolute Gasteiger partial charge is 0.159 e. The van der Waals surface area contributed by atoms with E-state index in [9.17, 15) is 0 Å². The average molecular weight is 700 g/mol.